The lowest BCUT2D eigenvalue weighted by atomic mass is 9.83. The number of anilines is 2. The number of nitrogens with zero attached hydrogens (tertiary/aromatic N) is 4. The molecule has 5 heterocycles. The summed E-state index contributed by atoms with van der Waals surface area (Å²) < 4.78 is 6.99. The van der Waals surface area contributed by atoms with Crippen LogP contribution in [0.25, 0.3) is 0 Å². The van der Waals surface area contributed by atoms with Crippen molar-refractivity contribution >= 4 is 40.6 Å². The van der Waals surface area contributed by atoms with E-state index in [9.17, 15) is 19.2 Å². The lowest BCUT2D eigenvalue weighted by molar-refractivity contribution is 0.0570. The molecule has 6 rings (SSSR count). The summed E-state index contributed by atoms with van der Waals surface area (Å²) in [6.45, 7) is 5.85. The Morgan fingerprint density at radius 3 is 2.54 bits per heavy atom. The Bertz CT molecular complexity index is 1510. The number of benzene rings is 1. The molecule has 3 aliphatic heterocycles. The zero-order chi connectivity index (χ0) is 28.5. The van der Waals surface area contributed by atoms with Crippen molar-refractivity contribution in [3.63, 3.8) is 0 Å². The van der Waals surface area contributed by atoms with Crippen molar-refractivity contribution in [3.8, 4) is 0 Å². The van der Waals surface area contributed by atoms with Gasteiger partial charge in [-0.05, 0) is 55.0 Å². The van der Waals surface area contributed by atoms with Gasteiger partial charge in [-0.15, -0.1) is 11.3 Å². The van der Waals surface area contributed by atoms with E-state index in [0.717, 1.165) is 24.3 Å². The number of pyridine rings is 1. The summed E-state index contributed by atoms with van der Waals surface area (Å²) in [5, 5.41) is 4.93. The molecule has 2 fully saturated rings. The Kier molecular flexibility index (Phi) is 7.53. The van der Waals surface area contributed by atoms with Crippen LogP contribution in [0.5, 0.6) is 0 Å². The molecule has 0 aliphatic carbocycles. The molecule has 0 saturated carbocycles. The highest BCUT2D eigenvalue weighted by Gasteiger charge is 2.35. The number of thiophene rings is 1. The Labute approximate surface area is 242 Å². The number of hydrogen-bond acceptors (Lipinski definition) is 7. The van der Waals surface area contributed by atoms with Gasteiger partial charge in [0.25, 0.3) is 17.4 Å². The number of carbonyl (C=O) groups is 3. The fraction of sp³-hybridized carbons (Fsp3) is 0.400. The van der Waals surface area contributed by atoms with Crippen LogP contribution in [0.1, 0.15) is 45.0 Å². The molecule has 10 nitrogen and oxygen atoms in total. The van der Waals surface area contributed by atoms with Gasteiger partial charge in [0.15, 0.2) is 0 Å². The van der Waals surface area contributed by atoms with Gasteiger partial charge in [0.1, 0.15) is 0 Å². The molecule has 0 spiro atoms. The smallest absolute Gasteiger partial charge is 0.409 e. The maximum atomic E-state index is 13.5. The number of piperazine rings is 1. The van der Waals surface area contributed by atoms with Crippen LogP contribution < -0.4 is 15.8 Å². The summed E-state index contributed by atoms with van der Waals surface area (Å²) in [5.41, 5.74) is 3.02. The van der Waals surface area contributed by atoms with Crippen molar-refractivity contribution in [1.29, 1.82) is 0 Å². The molecule has 2 saturated heterocycles. The number of aromatic nitrogens is 1. The molecule has 3 amide bonds. The molecular weight excluding hydrogens is 542 g/mol. The second-order valence-electron chi connectivity index (χ2n) is 10.7. The van der Waals surface area contributed by atoms with Gasteiger partial charge in [0, 0.05) is 69.1 Å². The van der Waals surface area contributed by atoms with E-state index in [1.54, 1.807) is 34.9 Å². The van der Waals surface area contributed by atoms with Crippen molar-refractivity contribution in [1.82, 2.24) is 14.4 Å². The molecule has 2 atom stereocenters. The maximum absolute atomic E-state index is 13.5. The number of nitrogens with one attached hydrogen (secondary N) is 1. The minimum Gasteiger partial charge on any atom is -0.450 e. The lowest BCUT2D eigenvalue weighted by Crippen LogP contribution is -2.50. The van der Waals surface area contributed by atoms with Crippen LogP contribution in [0, 0.1) is 5.92 Å². The molecule has 1 aromatic carbocycles. The summed E-state index contributed by atoms with van der Waals surface area (Å²) in [6, 6.07) is 14.6. The van der Waals surface area contributed by atoms with Crippen LogP contribution in [-0.2, 0) is 11.3 Å². The number of hydrogen-bond donors (Lipinski definition) is 1. The molecule has 0 unspecified atom stereocenters. The third kappa shape index (κ3) is 5.46. The topological polar surface area (TPSA) is 104 Å². The number of carbonyl (C=O) groups excluding carboxylic acids is 3. The van der Waals surface area contributed by atoms with Gasteiger partial charge >= 0.3 is 6.09 Å². The Balaban J connectivity index is 1.26. The average molecular weight is 576 g/mol. The third-order valence-corrected chi connectivity index (χ3v) is 9.02. The first-order valence-corrected chi connectivity index (χ1v) is 14.9. The van der Waals surface area contributed by atoms with Crippen LogP contribution >= 0.6 is 11.3 Å². The zero-order valence-electron chi connectivity index (χ0n) is 23.0. The predicted octanol–water partition coefficient (Wildman–Crippen LogP) is 3.70. The van der Waals surface area contributed by atoms with Crippen molar-refractivity contribution in [2.45, 2.75) is 25.8 Å². The van der Waals surface area contributed by atoms with Crippen LogP contribution in [0.4, 0.5) is 16.2 Å². The van der Waals surface area contributed by atoms with Crippen molar-refractivity contribution in [2.24, 2.45) is 5.92 Å². The van der Waals surface area contributed by atoms with Crippen LogP contribution in [0.3, 0.4) is 0 Å². The average Bonchev–Trinajstić information content (AvgIpc) is 3.53. The van der Waals surface area contributed by atoms with E-state index < -0.39 is 0 Å². The van der Waals surface area contributed by atoms with E-state index in [1.807, 2.05) is 40.3 Å². The van der Waals surface area contributed by atoms with Crippen LogP contribution in [-0.4, -0.2) is 78.1 Å². The summed E-state index contributed by atoms with van der Waals surface area (Å²) in [4.78, 5) is 57.4. The number of piperidine rings is 1. The number of rotatable bonds is 5. The molecule has 41 heavy (non-hydrogen) atoms. The summed E-state index contributed by atoms with van der Waals surface area (Å²) in [5.74, 6) is 0.145. The molecule has 3 aromatic rings. The summed E-state index contributed by atoms with van der Waals surface area (Å²) in [6.07, 6.45) is 0.659. The van der Waals surface area contributed by atoms with Crippen LogP contribution in [0.15, 0.2) is 58.7 Å². The van der Waals surface area contributed by atoms with E-state index in [2.05, 4.69) is 10.2 Å². The molecular formula is C30H33N5O5S. The molecule has 11 heteroatoms. The molecule has 2 bridgehead atoms. The highest BCUT2D eigenvalue weighted by atomic mass is 32.1. The summed E-state index contributed by atoms with van der Waals surface area (Å²) in [7, 11) is 0. The minimum atomic E-state index is -0.360. The first kappa shape index (κ1) is 27.1. The van der Waals surface area contributed by atoms with Crippen molar-refractivity contribution < 1.29 is 19.1 Å². The molecule has 1 N–H and O–H groups in total. The van der Waals surface area contributed by atoms with Gasteiger partial charge in [-0.25, -0.2) is 4.79 Å². The van der Waals surface area contributed by atoms with Gasteiger partial charge in [-0.3, -0.25) is 14.4 Å². The molecule has 2 aromatic heterocycles. The Morgan fingerprint density at radius 1 is 0.976 bits per heavy atom. The SMILES string of the molecule is CCOC(=O)N1CCN(C(=O)c2ccc(N3C[C@H]4C[C@@H](C3)c3cccc(=O)n3C4)c(NC(=O)c3cccs3)c2)CC1. The summed E-state index contributed by atoms with van der Waals surface area (Å²) >= 11 is 1.36. The van der Waals surface area contributed by atoms with Crippen LogP contribution in [0.2, 0.25) is 0 Å². The highest BCUT2D eigenvalue weighted by Crippen LogP contribution is 2.39. The van der Waals surface area contributed by atoms with E-state index in [0.29, 0.717) is 67.9 Å². The second kappa shape index (κ2) is 11.4. The normalized spacial score (nSPS) is 19.9. The number of fused-ring (bicyclic) bond motifs is 4. The minimum absolute atomic E-state index is 0.0421. The van der Waals surface area contributed by atoms with Gasteiger partial charge in [0.2, 0.25) is 0 Å². The first-order valence-electron chi connectivity index (χ1n) is 14.1. The zero-order valence-corrected chi connectivity index (χ0v) is 23.8. The Morgan fingerprint density at radius 2 is 1.78 bits per heavy atom. The standard InChI is InChI=1S/C30H33N5O5S/c1-2-40-30(39)33-12-10-32(11-13-33)29(38)21-8-9-25(23(16-21)31-28(37)26-6-4-14-41-26)34-17-20-15-22(19-34)24-5-3-7-27(36)35(24)18-20/h3-9,14,16,20,22H,2,10-13,15,17-19H2,1H3,(H,31,37)/t20-,22+/m1/s1. The van der Waals surface area contributed by atoms with Gasteiger partial charge < -0.3 is 29.3 Å². The molecule has 214 valence electrons. The largest absolute Gasteiger partial charge is 0.450 e. The van der Waals surface area contributed by atoms with Gasteiger partial charge in [-0.2, -0.15) is 0 Å². The monoisotopic (exact) mass is 575 g/mol. The fourth-order valence-electron chi connectivity index (χ4n) is 6.22. The maximum Gasteiger partial charge on any atom is 0.409 e. The molecule has 0 radical (unpaired) electrons. The van der Waals surface area contributed by atoms with Gasteiger partial charge in [0.05, 0.1) is 22.9 Å². The van der Waals surface area contributed by atoms with E-state index in [1.165, 1.54) is 11.3 Å². The second-order valence-corrected chi connectivity index (χ2v) is 11.7. The highest BCUT2D eigenvalue weighted by molar-refractivity contribution is 7.12. The quantitative estimate of drug-likeness (QED) is 0.498. The van der Waals surface area contributed by atoms with Crippen molar-refractivity contribution in [3.05, 3.63) is 80.4 Å². The fourth-order valence-corrected chi connectivity index (χ4v) is 6.84. The van der Waals surface area contributed by atoms with E-state index >= 15 is 0 Å². The lowest BCUT2D eigenvalue weighted by Gasteiger charge is -2.44. The number of amides is 3. The van der Waals surface area contributed by atoms with Gasteiger partial charge in [-0.1, -0.05) is 12.1 Å². The van der Waals surface area contributed by atoms with Crippen molar-refractivity contribution in [2.75, 3.05) is 56.1 Å². The molecule has 3 aliphatic rings. The predicted molar refractivity (Wildman–Crippen MR) is 157 cm³/mol. The third-order valence-electron chi connectivity index (χ3n) is 8.15. The van der Waals surface area contributed by atoms with E-state index in [4.69, 9.17) is 4.74 Å². The number of ether oxygens (including phenoxy) is 1. The Hall–Kier alpha value is -4.12. The first-order chi connectivity index (χ1) is 19.9. The van der Waals surface area contributed by atoms with E-state index in [-0.39, 0.29) is 29.4 Å².